The highest BCUT2D eigenvalue weighted by Crippen LogP contribution is 2.24. The van der Waals surface area contributed by atoms with Crippen LogP contribution in [0.5, 0.6) is 0 Å². The molecule has 0 radical (unpaired) electrons. The minimum Gasteiger partial charge on any atom is -0.376 e. The van der Waals surface area contributed by atoms with Gasteiger partial charge >= 0.3 is 12.1 Å². The summed E-state index contributed by atoms with van der Waals surface area (Å²) in [7, 11) is 0. The van der Waals surface area contributed by atoms with E-state index in [-0.39, 0.29) is 6.42 Å². The van der Waals surface area contributed by atoms with Crippen molar-refractivity contribution in [3.05, 3.63) is 34.9 Å². The summed E-state index contributed by atoms with van der Waals surface area (Å²) in [6, 6.07) is 6.75. The molecule has 0 saturated carbocycles. The molecule has 0 heterocycles. The molecule has 0 bridgehead atoms. The van der Waals surface area contributed by atoms with Crippen molar-refractivity contribution in [3.8, 4) is 12.3 Å². The predicted molar refractivity (Wildman–Crippen MR) is 82.0 cm³/mol. The van der Waals surface area contributed by atoms with Crippen molar-refractivity contribution < 1.29 is 14.3 Å². The molecule has 1 unspecified atom stereocenters. The molecule has 1 rings (SSSR count). The van der Waals surface area contributed by atoms with E-state index >= 15 is 0 Å². The van der Waals surface area contributed by atoms with Gasteiger partial charge in [-0.15, -0.1) is 12.3 Å². The lowest BCUT2D eigenvalue weighted by Crippen LogP contribution is -2.42. The van der Waals surface area contributed by atoms with Crippen molar-refractivity contribution in [1.82, 2.24) is 5.32 Å². The van der Waals surface area contributed by atoms with Crippen LogP contribution in [0.1, 0.15) is 38.7 Å². The van der Waals surface area contributed by atoms with Gasteiger partial charge in [-0.1, -0.05) is 23.7 Å². The maximum atomic E-state index is 12.1. The van der Waals surface area contributed by atoms with Crippen LogP contribution in [0.2, 0.25) is 5.02 Å². The van der Waals surface area contributed by atoms with E-state index in [2.05, 4.69) is 11.2 Å². The number of hydrogen-bond donors (Lipinski definition) is 1. The average Bonchev–Trinajstić information content (AvgIpc) is 2.33. The van der Waals surface area contributed by atoms with Crippen LogP contribution in [0, 0.1) is 12.3 Å². The molecular formula is C16H18ClNO3. The zero-order valence-electron chi connectivity index (χ0n) is 12.3. The highest BCUT2D eigenvalue weighted by Gasteiger charge is 2.25. The van der Waals surface area contributed by atoms with Gasteiger partial charge in [-0.2, -0.15) is 0 Å². The van der Waals surface area contributed by atoms with Gasteiger partial charge in [0.05, 0.1) is 5.92 Å². The van der Waals surface area contributed by atoms with Crippen LogP contribution in [0.4, 0.5) is 4.79 Å². The lowest BCUT2D eigenvalue weighted by Gasteiger charge is -2.20. The second kappa shape index (κ2) is 7.14. The molecule has 0 spiro atoms. The Morgan fingerprint density at radius 2 is 2.10 bits per heavy atom. The van der Waals surface area contributed by atoms with Gasteiger partial charge in [0.15, 0.2) is 0 Å². The summed E-state index contributed by atoms with van der Waals surface area (Å²) in [6.45, 7) is 5.36. The monoisotopic (exact) mass is 307 g/mol. The fraction of sp³-hybridized carbons (Fsp3) is 0.375. The number of terminal acetylenes is 1. The zero-order chi connectivity index (χ0) is 16.0. The molecule has 4 nitrogen and oxygen atoms in total. The number of benzene rings is 1. The smallest absolute Gasteiger partial charge is 0.376 e. The number of amides is 1. The van der Waals surface area contributed by atoms with E-state index in [1.54, 1.807) is 45.0 Å². The van der Waals surface area contributed by atoms with Crippen LogP contribution >= 0.6 is 11.6 Å². The van der Waals surface area contributed by atoms with Crippen molar-refractivity contribution >= 4 is 23.7 Å². The largest absolute Gasteiger partial charge is 0.415 e. The van der Waals surface area contributed by atoms with Crippen LogP contribution in [-0.4, -0.2) is 17.6 Å². The number of hydrogen-bond acceptors (Lipinski definition) is 3. The molecular weight excluding hydrogens is 290 g/mol. The maximum Gasteiger partial charge on any atom is 0.415 e. The fourth-order valence-corrected chi connectivity index (χ4v) is 1.87. The van der Waals surface area contributed by atoms with Gasteiger partial charge in [-0.05, 0) is 38.5 Å². The third-order valence-corrected chi connectivity index (χ3v) is 2.76. The molecule has 0 aliphatic rings. The Bertz CT molecular complexity index is 570. The Kier molecular flexibility index (Phi) is 5.80. The van der Waals surface area contributed by atoms with Crippen LogP contribution in [-0.2, 0) is 9.53 Å². The molecule has 21 heavy (non-hydrogen) atoms. The molecule has 112 valence electrons. The summed E-state index contributed by atoms with van der Waals surface area (Å²) >= 11 is 5.90. The molecule has 1 N–H and O–H groups in total. The normalized spacial score (nSPS) is 12.1. The first-order chi connectivity index (χ1) is 9.73. The summed E-state index contributed by atoms with van der Waals surface area (Å²) in [5, 5.41) is 3.04. The third-order valence-electron chi connectivity index (χ3n) is 2.53. The van der Waals surface area contributed by atoms with Crippen LogP contribution in [0.3, 0.4) is 0 Å². The van der Waals surface area contributed by atoms with Crippen molar-refractivity contribution in [2.24, 2.45) is 0 Å². The fourth-order valence-electron chi connectivity index (χ4n) is 1.67. The first kappa shape index (κ1) is 17.1. The zero-order valence-corrected chi connectivity index (χ0v) is 13.0. The molecule has 0 aromatic heterocycles. The first-order valence-electron chi connectivity index (χ1n) is 6.45. The SMILES string of the molecule is C#CCC(C(=O)OC(=O)NC(C)(C)C)c1cccc(Cl)c1. The van der Waals surface area contributed by atoms with Crippen molar-refractivity contribution in [3.63, 3.8) is 0 Å². The Balaban J connectivity index is 2.84. The van der Waals surface area contributed by atoms with E-state index in [0.29, 0.717) is 10.6 Å². The number of nitrogens with one attached hydrogen (secondary N) is 1. The Hall–Kier alpha value is -1.99. The maximum absolute atomic E-state index is 12.1. The average molecular weight is 308 g/mol. The second-order valence-corrected chi connectivity index (χ2v) is 6.04. The summed E-state index contributed by atoms with van der Waals surface area (Å²) in [6.07, 6.45) is 4.62. The van der Waals surface area contributed by atoms with E-state index in [0.717, 1.165) is 0 Å². The number of esters is 1. The molecule has 1 atom stereocenters. The number of carbonyl (C=O) groups excluding carboxylic acids is 2. The third kappa shape index (κ3) is 5.88. The number of alkyl carbamates (subject to hydrolysis) is 1. The van der Waals surface area contributed by atoms with Gasteiger partial charge in [0.1, 0.15) is 0 Å². The summed E-state index contributed by atoms with van der Waals surface area (Å²) < 4.78 is 4.81. The lowest BCUT2D eigenvalue weighted by molar-refractivity contribution is -0.139. The highest BCUT2D eigenvalue weighted by atomic mass is 35.5. The van der Waals surface area contributed by atoms with E-state index in [1.807, 2.05) is 0 Å². The van der Waals surface area contributed by atoms with Gasteiger partial charge in [-0.3, -0.25) is 4.79 Å². The summed E-state index contributed by atoms with van der Waals surface area (Å²) in [5.41, 5.74) is 0.128. The molecule has 1 amide bonds. The van der Waals surface area contributed by atoms with Crippen molar-refractivity contribution in [1.29, 1.82) is 0 Å². The molecule has 1 aromatic rings. The Labute approximate surface area is 129 Å². The minimum atomic E-state index is -0.795. The molecule has 1 aromatic carbocycles. The molecule has 0 fully saturated rings. The predicted octanol–water partition coefficient (Wildman–Crippen LogP) is 3.50. The van der Waals surface area contributed by atoms with Crippen molar-refractivity contribution in [2.75, 3.05) is 0 Å². The number of carbonyl (C=O) groups is 2. The molecule has 0 aliphatic carbocycles. The second-order valence-electron chi connectivity index (χ2n) is 5.60. The van der Waals surface area contributed by atoms with E-state index < -0.39 is 23.5 Å². The quantitative estimate of drug-likeness (QED) is 0.528. The molecule has 0 aliphatic heterocycles. The molecule has 5 heteroatoms. The number of ether oxygens (including phenoxy) is 1. The van der Waals surface area contributed by atoms with Crippen LogP contribution < -0.4 is 5.32 Å². The topological polar surface area (TPSA) is 55.4 Å². The van der Waals surface area contributed by atoms with E-state index in [1.165, 1.54) is 0 Å². The highest BCUT2D eigenvalue weighted by molar-refractivity contribution is 6.30. The van der Waals surface area contributed by atoms with Crippen molar-refractivity contribution in [2.45, 2.75) is 38.6 Å². The lowest BCUT2D eigenvalue weighted by atomic mass is 9.96. The minimum absolute atomic E-state index is 0.127. The van der Waals surface area contributed by atoms with Gasteiger partial charge in [0.2, 0.25) is 0 Å². The standard InChI is InChI=1S/C16H18ClNO3/c1-5-7-13(11-8-6-9-12(17)10-11)14(19)21-15(20)18-16(2,3)4/h1,6,8-10,13H,7H2,2-4H3,(H,18,20). The summed E-state index contributed by atoms with van der Waals surface area (Å²) in [4.78, 5) is 23.8. The van der Waals surface area contributed by atoms with Gasteiger partial charge in [0, 0.05) is 17.0 Å². The summed E-state index contributed by atoms with van der Waals surface area (Å²) in [5.74, 6) is 0.993. The Morgan fingerprint density at radius 3 is 2.62 bits per heavy atom. The van der Waals surface area contributed by atoms with Crippen LogP contribution in [0.25, 0.3) is 0 Å². The number of halogens is 1. The van der Waals surface area contributed by atoms with Crippen LogP contribution in [0.15, 0.2) is 24.3 Å². The van der Waals surface area contributed by atoms with Gasteiger partial charge in [-0.25, -0.2) is 4.79 Å². The molecule has 0 saturated heterocycles. The van der Waals surface area contributed by atoms with Gasteiger partial charge in [0.25, 0.3) is 0 Å². The number of rotatable bonds is 3. The first-order valence-corrected chi connectivity index (χ1v) is 6.83. The van der Waals surface area contributed by atoms with E-state index in [4.69, 9.17) is 22.8 Å². The Morgan fingerprint density at radius 1 is 1.43 bits per heavy atom. The van der Waals surface area contributed by atoms with E-state index in [9.17, 15) is 9.59 Å². The van der Waals surface area contributed by atoms with Gasteiger partial charge < -0.3 is 10.1 Å².